The second-order valence-electron chi connectivity index (χ2n) is 8.54. The molecule has 3 N–H and O–H groups in total. The highest BCUT2D eigenvalue weighted by atomic mass is 35.5. The predicted octanol–water partition coefficient (Wildman–Crippen LogP) is 2.46. The first kappa shape index (κ1) is 24.2. The van der Waals surface area contributed by atoms with Crippen LogP contribution >= 0.6 is 24.8 Å². The van der Waals surface area contributed by atoms with Crippen LogP contribution in [0.25, 0.3) is 0 Å². The summed E-state index contributed by atoms with van der Waals surface area (Å²) in [6.07, 6.45) is 8.36. The summed E-state index contributed by atoms with van der Waals surface area (Å²) >= 11 is 0. The van der Waals surface area contributed by atoms with E-state index in [1.54, 1.807) is 0 Å². The molecule has 2 atom stereocenters. The summed E-state index contributed by atoms with van der Waals surface area (Å²) < 4.78 is 0. The third-order valence-electron chi connectivity index (χ3n) is 6.70. The van der Waals surface area contributed by atoms with Gasteiger partial charge in [0.2, 0.25) is 5.91 Å². The number of hydrogen-bond acceptors (Lipinski definition) is 5. The first-order valence-corrected chi connectivity index (χ1v) is 10.6. The Hall–Kier alpha value is -1.08. The molecule has 0 aromatic carbocycles. The van der Waals surface area contributed by atoms with E-state index in [9.17, 15) is 4.79 Å². The van der Waals surface area contributed by atoms with Crippen molar-refractivity contribution in [3.05, 3.63) is 24.4 Å². The van der Waals surface area contributed by atoms with Crippen molar-refractivity contribution in [2.24, 2.45) is 17.6 Å². The van der Waals surface area contributed by atoms with Gasteiger partial charge < -0.3 is 16.0 Å². The van der Waals surface area contributed by atoms with Gasteiger partial charge in [0.1, 0.15) is 5.82 Å². The molecule has 2 unspecified atom stereocenters. The molecule has 8 heteroatoms. The minimum atomic E-state index is 0. The maximum Gasteiger partial charge on any atom is 0.221 e. The standard InChI is InChI=1S/C21H33N5O.2ClH/c22-18-14-16-4-3-5-17(15-18)21(16)24-20(27)7-9-25-10-12-26(13-11-25)19-6-1-2-8-23-19;;/h1-2,6,8,16-18,21H,3-5,7,9-15,22H2,(H,24,27);2*1H. The van der Waals surface area contributed by atoms with Crippen molar-refractivity contribution >= 4 is 36.5 Å². The van der Waals surface area contributed by atoms with Crippen LogP contribution < -0.4 is 16.0 Å². The van der Waals surface area contributed by atoms with Crippen LogP contribution in [-0.2, 0) is 4.79 Å². The number of nitrogens with two attached hydrogens (primary N) is 1. The summed E-state index contributed by atoms with van der Waals surface area (Å²) in [6.45, 7) is 4.79. The van der Waals surface area contributed by atoms with Crippen LogP contribution in [0.5, 0.6) is 0 Å². The van der Waals surface area contributed by atoms with E-state index in [4.69, 9.17) is 5.73 Å². The lowest BCUT2D eigenvalue weighted by Crippen LogP contribution is -2.54. The van der Waals surface area contributed by atoms with Crippen LogP contribution in [0.2, 0.25) is 0 Å². The Morgan fingerprint density at radius 3 is 2.41 bits per heavy atom. The fraction of sp³-hybridized carbons (Fsp3) is 0.714. The summed E-state index contributed by atoms with van der Waals surface area (Å²) in [4.78, 5) is 21.7. The summed E-state index contributed by atoms with van der Waals surface area (Å²) in [5, 5.41) is 3.37. The average molecular weight is 444 g/mol. The quantitative estimate of drug-likeness (QED) is 0.730. The maximum atomic E-state index is 12.6. The van der Waals surface area contributed by atoms with Crippen molar-refractivity contribution in [3.63, 3.8) is 0 Å². The number of carbonyl (C=O) groups excluding carboxylic acids is 1. The van der Waals surface area contributed by atoms with Gasteiger partial charge in [-0.2, -0.15) is 0 Å². The number of amides is 1. The first-order valence-electron chi connectivity index (χ1n) is 10.6. The molecule has 3 aliphatic rings. The lowest BCUT2D eigenvalue weighted by Gasteiger charge is -2.45. The summed E-state index contributed by atoms with van der Waals surface area (Å²) in [5.74, 6) is 2.47. The highest BCUT2D eigenvalue weighted by molar-refractivity contribution is 5.85. The predicted molar refractivity (Wildman–Crippen MR) is 122 cm³/mol. The third-order valence-corrected chi connectivity index (χ3v) is 6.70. The lowest BCUT2D eigenvalue weighted by atomic mass is 9.67. The molecule has 2 aliphatic carbocycles. The fourth-order valence-electron chi connectivity index (χ4n) is 5.28. The van der Waals surface area contributed by atoms with Gasteiger partial charge in [0.05, 0.1) is 0 Å². The molecule has 164 valence electrons. The molecule has 1 amide bonds. The average Bonchev–Trinajstić information content (AvgIpc) is 2.68. The second-order valence-corrected chi connectivity index (χ2v) is 8.54. The van der Waals surface area contributed by atoms with Crippen molar-refractivity contribution in [2.45, 2.75) is 50.6 Å². The Morgan fingerprint density at radius 2 is 1.79 bits per heavy atom. The summed E-state index contributed by atoms with van der Waals surface area (Å²) in [7, 11) is 0. The van der Waals surface area contributed by atoms with Crippen LogP contribution in [0.3, 0.4) is 0 Å². The van der Waals surface area contributed by atoms with Crippen LogP contribution in [0.1, 0.15) is 38.5 Å². The van der Waals surface area contributed by atoms with Crippen molar-refractivity contribution in [1.29, 1.82) is 0 Å². The summed E-state index contributed by atoms with van der Waals surface area (Å²) in [6, 6.07) is 6.76. The van der Waals surface area contributed by atoms with Gasteiger partial charge in [0.15, 0.2) is 0 Å². The zero-order valence-corrected chi connectivity index (χ0v) is 18.7. The largest absolute Gasteiger partial charge is 0.354 e. The number of pyridine rings is 1. The van der Waals surface area contributed by atoms with Crippen molar-refractivity contribution in [2.75, 3.05) is 37.6 Å². The zero-order chi connectivity index (χ0) is 18.6. The number of nitrogens with zero attached hydrogens (tertiary/aromatic N) is 3. The van der Waals surface area contributed by atoms with Crippen LogP contribution in [0.15, 0.2) is 24.4 Å². The number of anilines is 1. The van der Waals surface area contributed by atoms with Crippen molar-refractivity contribution in [1.82, 2.24) is 15.2 Å². The number of fused-ring (bicyclic) bond motifs is 2. The molecule has 29 heavy (non-hydrogen) atoms. The number of aromatic nitrogens is 1. The minimum absolute atomic E-state index is 0. The molecule has 2 saturated carbocycles. The Bertz CT molecular complexity index is 613. The first-order chi connectivity index (χ1) is 13.2. The van der Waals surface area contributed by atoms with Gasteiger partial charge in [-0.05, 0) is 49.7 Å². The molecular weight excluding hydrogens is 409 g/mol. The number of nitrogens with one attached hydrogen (secondary N) is 1. The van der Waals surface area contributed by atoms with Gasteiger partial charge in [-0.3, -0.25) is 9.69 Å². The van der Waals surface area contributed by atoms with E-state index >= 15 is 0 Å². The van der Waals surface area contributed by atoms with E-state index in [2.05, 4.69) is 26.2 Å². The molecule has 1 aromatic rings. The normalized spacial score (nSPS) is 29.3. The van der Waals surface area contributed by atoms with E-state index < -0.39 is 0 Å². The monoisotopic (exact) mass is 443 g/mol. The smallest absolute Gasteiger partial charge is 0.221 e. The third kappa shape index (κ3) is 6.20. The highest BCUT2D eigenvalue weighted by Crippen LogP contribution is 2.39. The molecule has 1 aromatic heterocycles. The second kappa shape index (κ2) is 11.3. The Balaban J connectivity index is 0.00000150. The van der Waals surface area contributed by atoms with E-state index in [1.165, 1.54) is 19.3 Å². The van der Waals surface area contributed by atoms with Gasteiger partial charge in [0.25, 0.3) is 0 Å². The Morgan fingerprint density at radius 1 is 1.10 bits per heavy atom. The molecule has 1 saturated heterocycles. The molecular formula is C21H35Cl2N5O. The molecule has 2 heterocycles. The molecule has 2 bridgehead atoms. The SMILES string of the molecule is Cl.Cl.NC1CC2CCCC(C1)C2NC(=O)CCN1CCN(c2ccccn2)CC1. The number of carbonyl (C=O) groups is 1. The van der Waals surface area contributed by atoms with Gasteiger partial charge in [-0.15, -0.1) is 24.8 Å². The zero-order valence-electron chi connectivity index (χ0n) is 17.0. The van der Waals surface area contributed by atoms with Gasteiger partial charge in [-0.1, -0.05) is 12.5 Å². The fourth-order valence-corrected chi connectivity index (χ4v) is 5.28. The molecule has 3 fully saturated rings. The van der Waals surface area contributed by atoms with Crippen LogP contribution in [0, 0.1) is 11.8 Å². The van der Waals surface area contributed by atoms with Crippen LogP contribution in [-0.4, -0.2) is 60.6 Å². The van der Waals surface area contributed by atoms with Crippen molar-refractivity contribution < 1.29 is 4.79 Å². The van der Waals surface area contributed by atoms with Gasteiger partial charge in [0, 0.05) is 57.4 Å². The number of halogens is 2. The van der Waals surface area contributed by atoms with E-state index in [0.29, 0.717) is 30.3 Å². The topological polar surface area (TPSA) is 74.5 Å². The molecule has 1 aliphatic heterocycles. The van der Waals surface area contributed by atoms with E-state index in [-0.39, 0.29) is 30.7 Å². The number of piperazine rings is 1. The molecule has 0 spiro atoms. The Labute approximate surface area is 186 Å². The van der Waals surface area contributed by atoms with Crippen LogP contribution in [0.4, 0.5) is 5.82 Å². The van der Waals surface area contributed by atoms with E-state index in [0.717, 1.165) is 51.4 Å². The van der Waals surface area contributed by atoms with E-state index in [1.807, 2.05) is 18.3 Å². The summed E-state index contributed by atoms with van der Waals surface area (Å²) in [5.41, 5.74) is 6.20. The highest BCUT2D eigenvalue weighted by Gasteiger charge is 2.39. The Kier molecular flexibility index (Phi) is 9.47. The molecule has 4 rings (SSSR count). The van der Waals surface area contributed by atoms with Crippen molar-refractivity contribution in [3.8, 4) is 0 Å². The lowest BCUT2D eigenvalue weighted by molar-refractivity contribution is -0.123. The molecule has 0 radical (unpaired) electrons. The molecule has 6 nitrogen and oxygen atoms in total. The van der Waals surface area contributed by atoms with Gasteiger partial charge in [-0.25, -0.2) is 4.98 Å². The number of hydrogen-bond donors (Lipinski definition) is 2. The minimum Gasteiger partial charge on any atom is -0.354 e. The van der Waals surface area contributed by atoms with Gasteiger partial charge >= 0.3 is 0 Å². The maximum absolute atomic E-state index is 12.6. The number of rotatable bonds is 5.